The zero-order chi connectivity index (χ0) is 13.0. The Labute approximate surface area is 103 Å². The average molecular weight is 241 g/mol. The minimum absolute atomic E-state index is 0.00514. The number of hydrogen-bond donors (Lipinski definition) is 1. The minimum atomic E-state index is -0.852. The van der Waals surface area contributed by atoms with E-state index in [0.29, 0.717) is 12.5 Å². The van der Waals surface area contributed by atoms with Gasteiger partial charge in [-0.3, -0.25) is 9.59 Å². The van der Waals surface area contributed by atoms with Crippen molar-refractivity contribution in [3.8, 4) is 0 Å². The third-order valence-corrected chi connectivity index (χ3v) is 3.44. The van der Waals surface area contributed by atoms with E-state index in [9.17, 15) is 9.59 Å². The first kappa shape index (κ1) is 14.0. The SMILES string of the molecule is CC(C)CCC[C@H](C)N1C[C@@H](C(=O)O)CC1=O. The molecule has 1 amide bonds. The van der Waals surface area contributed by atoms with E-state index in [1.165, 1.54) is 0 Å². The van der Waals surface area contributed by atoms with Crippen molar-refractivity contribution >= 4 is 11.9 Å². The molecule has 17 heavy (non-hydrogen) atoms. The summed E-state index contributed by atoms with van der Waals surface area (Å²) in [6.07, 6.45) is 3.40. The Morgan fingerprint density at radius 1 is 1.41 bits per heavy atom. The Kier molecular flexibility index (Phi) is 4.97. The number of carbonyl (C=O) groups is 2. The van der Waals surface area contributed by atoms with E-state index in [0.717, 1.165) is 19.3 Å². The molecule has 98 valence electrons. The molecule has 1 aliphatic heterocycles. The Bertz CT molecular complexity index is 288. The Morgan fingerprint density at radius 2 is 2.06 bits per heavy atom. The zero-order valence-corrected chi connectivity index (χ0v) is 11.0. The second-order valence-corrected chi connectivity index (χ2v) is 5.46. The lowest BCUT2D eigenvalue weighted by Gasteiger charge is -2.24. The van der Waals surface area contributed by atoms with E-state index in [1.54, 1.807) is 4.90 Å². The number of carboxylic acid groups (broad SMARTS) is 1. The zero-order valence-electron chi connectivity index (χ0n) is 11.0. The molecule has 1 N–H and O–H groups in total. The quantitative estimate of drug-likeness (QED) is 0.775. The number of amides is 1. The second kappa shape index (κ2) is 6.03. The van der Waals surface area contributed by atoms with E-state index in [4.69, 9.17) is 5.11 Å². The molecule has 2 atom stereocenters. The van der Waals surface area contributed by atoms with Crippen LogP contribution in [0.5, 0.6) is 0 Å². The molecular weight excluding hydrogens is 218 g/mol. The fraction of sp³-hybridized carbons (Fsp3) is 0.846. The summed E-state index contributed by atoms with van der Waals surface area (Å²) in [5, 5.41) is 8.90. The highest BCUT2D eigenvalue weighted by molar-refractivity contribution is 5.86. The molecule has 1 heterocycles. The number of nitrogens with zero attached hydrogens (tertiary/aromatic N) is 1. The molecule has 1 fully saturated rings. The Morgan fingerprint density at radius 3 is 2.53 bits per heavy atom. The highest BCUT2D eigenvalue weighted by atomic mass is 16.4. The predicted octanol–water partition coefficient (Wildman–Crippen LogP) is 2.13. The molecule has 0 aliphatic carbocycles. The number of aliphatic carboxylic acids is 1. The fourth-order valence-corrected chi connectivity index (χ4v) is 2.30. The molecule has 0 aromatic rings. The number of likely N-dealkylation sites (tertiary alicyclic amines) is 1. The van der Waals surface area contributed by atoms with Crippen molar-refractivity contribution in [2.75, 3.05) is 6.54 Å². The van der Waals surface area contributed by atoms with Crippen LogP contribution in [0.15, 0.2) is 0 Å². The molecule has 0 aromatic heterocycles. The van der Waals surface area contributed by atoms with Crippen molar-refractivity contribution < 1.29 is 14.7 Å². The maximum atomic E-state index is 11.7. The second-order valence-electron chi connectivity index (χ2n) is 5.46. The molecule has 1 rings (SSSR count). The molecule has 0 spiro atoms. The van der Waals surface area contributed by atoms with Crippen LogP contribution in [0.3, 0.4) is 0 Å². The lowest BCUT2D eigenvalue weighted by molar-refractivity contribution is -0.141. The topological polar surface area (TPSA) is 57.6 Å². The van der Waals surface area contributed by atoms with Crippen LogP contribution in [-0.2, 0) is 9.59 Å². The summed E-state index contributed by atoms with van der Waals surface area (Å²) < 4.78 is 0. The van der Waals surface area contributed by atoms with Gasteiger partial charge in [-0.1, -0.05) is 26.7 Å². The maximum absolute atomic E-state index is 11.7. The number of carbonyl (C=O) groups excluding carboxylic acids is 1. The van der Waals surface area contributed by atoms with Crippen LogP contribution in [0.2, 0.25) is 0 Å². The molecule has 0 radical (unpaired) electrons. The van der Waals surface area contributed by atoms with Crippen molar-refractivity contribution in [1.29, 1.82) is 0 Å². The van der Waals surface area contributed by atoms with Crippen molar-refractivity contribution in [3.63, 3.8) is 0 Å². The van der Waals surface area contributed by atoms with Crippen LogP contribution in [0.25, 0.3) is 0 Å². The number of carboxylic acids is 1. The van der Waals surface area contributed by atoms with Crippen molar-refractivity contribution in [2.24, 2.45) is 11.8 Å². The average Bonchev–Trinajstić information content (AvgIpc) is 2.59. The molecule has 0 aromatic carbocycles. The highest BCUT2D eigenvalue weighted by Gasteiger charge is 2.36. The van der Waals surface area contributed by atoms with Gasteiger partial charge < -0.3 is 10.0 Å². The van der Waals surface area contributed by atoms with Gasteiger partial charge in [-0.05, 0) is 19.3 Å². The van der Waals surface area contributed by atoms with E-state index in [2.05, 4.69) is 13.8 Å². The van der Waals surface area contributed by atoms with Gasteiger partial charge in [-0.15, -0.1) is 0 Å². The van der Waals surface area contributed by atoms with Crippen LogP contribution in [0, 0.1) is 11.8 Å². The van der Waals surface area contributed by atoms with Gasteiger partial charge in [0.2, 0.25) is 5.91 Å². The van der Waals surface area contributed by atoms with Crippen molar-refractivity contribution in [2.45, 2.75) is 52.5 Å². The normalized spacial score (nSPS) is 22.2. The molecule has 0 unspecified atom stereocenters. The lowest BCUT2D eigenvalue weighted by Crippen LogP contribution is -2.35. The molecule has 0 bridgehead atoms. The van der Waals surface area contributed by atoms with Crippen LogP contribution in [0.4, 0.5) is 0 Å². The molecule has 1 saturated heterocycles. The molecule has 4 heteroatoms. The van der Waals surface area contributed by atoms with E-state index in [1.807, 2.05) is 6.92 Å². The maximum Gasteiger partial charge on any atom is 0.308 e. The summed E-state index contributed by atoms with van der Waals surface area (Å²) >= 11 is 0. The monoisotopic (exact) mass is 241 g/mol. The Balaban J connectivity index is 2.39. The third-order valence-electron chi connectivity index (χ3n) is 3.44. The molecule has 4 nitrogen and oxygen atoms in total. The number of rotatable bonds is 6. The van der Waals surface area contributed by atoms with Crippen LogP contribution in [0.1, 0.15) is 46.5 Å². The summed E-state index contributed by atoms with van der Waals surface area (Å²) in [5.74, 6) is -0.678. The molecular formula is C13H23NO3. The standard InChI is InChI=1S/C13H23NO3/c1-9(2)5-4-6-10(3)14-8-11(13(16)17)7-12(14)15/h9-11H,4-8H2,1-3H3,(H,16,17)/t10-,11-/m0/s1. The summed E-state index contributed by atoms with van der Waals surface area (Å²) in [7, 11) is 0. The first-order valence-corrected chi connectivity index (χ1v) is 6.44. The largest absolute Gasteiger partial charge is 0.481 e. The van der Waals surface area contributed by atoms with Gasteiger partial charge in [0.25, 0.3) is 0 Å². The van der Waals surface area contributed by atoms with Gasteiger partial charge in [0.05, 0.1) is 5.92 Å². The Hall–Kier alpha value is -1.06. The summed E-state index contributed by atoms with van der Waals surface area (Å²) in [6, 6.07) is 0.172. The fourth-order valence-electron chi connectivity index (χ4n) is 2.30. The van der Waals surface area contributed by atoms with E-state index in [-0.39, 0.29) is 18.4 Å². The summed E-state index contributed by atoms with van der Waals surface area (Å²) in [6.45, 7) is 6.78. The summed E-state index contributed by atoms with van der Waals surface area (Å²) in [4.78, 5) is 24.3. The molecule has 1 aliphatic rings. The highest BCUT2D eigenvalue weighted by Crippen LogP contribution is 2.23. The van der Waals surface area contributed by atoms with E-state index >= 15 is 0 Å². The van der Waals surface area contributed by atoms with Crippen LogP contribution < -0.4 is 0 Å². The third kappa shape index (κ3) is 4.02. The van der Waals surface area contributed by atoms with Gasteiger partial charge in [-0.25, -0.2) is 0 Å². The smallest absolute Gasteiger partial charge is 0.308 e. The van der Waals surface area contributed by atoms with Gasteiger partial charge in [0.1, 0.15) is 0 Å². The van der Waals surface area contributed by atoms with Crippen molar-refractivity contribution in [3.05, 3.63) is 0 Å². The van der Waals surface area contributed by atoms with Gasteiger partial charge in [-0.2, -0.15) is 0 Å². The first-order chi connectivity index (χ1) is 7.91. The van der Waals surface area contributed by atoms with Crippen LogP contribution in [-0.4, -0.2) is 34.5 Å². The molecule has 0 saturated carbocycles. The van der Waals surface area contributed by atoms with Crippen LogP contribution >= 0.6 is 0 Å². The van der Waals surface area contributed by atoms with Gasteiger partial charge >= 0.3 is 5.97 Å². The summed E-state index contributed by atoms with van der Waals surface area (Å²) in [5.41, 5.74) is 0. The van der Waals surface area contributed by atoms with Crippen molar-refractivity contribution in [1.82, 2.24) is 4.90 Å². The predicted molar refractivity (Wildman–Crippen MR) is 65.6 cm³/mol. The lowest BCUT2D eigenvalue weighted by atomic mass is 10.0. The number of hydrogen-bond acceptors (Lipinski definition) is 2. The first-order valence-electron chi connectivity index (χ1n) is 6.44. The van der Waals surface area contributed by atoms with Gasteiger partial charge in [0.15, 0.2) is 0 Å². The van der Waals surface area contributed by atoms with E-state index < -0.39 is 11.9 Å². The minimum Gasteiger partial charge on any atom is -0.481 e. The van der Waals surface area contributed by atoms with Gasteiger partial charge in [0, 0.05) is 19.0 Å².